The second kappa shape index (κ2) is 6.30. The van der Waals surface area contributed by atoms with Crippen LogP contribution in [-0.4, -0.2) is 13.0 Å². The summed E-state index contributed by atoms with van der Waals surface area (Å²) in [7, 11) is 0. The van der Waals surface area contributed by atoms with Gasteiger partial charge in [-0.25, -0.2) is 0 Å². The Labute approximate surface area is 111 Å². The number of benzene rings is 1. The van der Waals surface area contributed by atoms with E-state index in [0.717, 1.165) is 17.0 Å². The minimum Gasteiger partial charge on any atom is -0.457 e. The second-order valence-corrected chi connectivity index (χ2v) is 3.82. The Kier molecular flexibility index (Phi) is 4.23. The topological polar surface area (TPSA) is 76.4 Å². The summed E-state index contributed by atoms with van der Waals surface area (Å²) in [6.45, 7) is 0.710. The van der Waals surface area contributed by atoms with Gasteiger partial charge in [0.25, 0.3) is 0 Å². The minimum atomic E-state index is 0.637. The minimum absolute atomic E-state index is 0.637. The van der Waals surface area contributed by atoms with Gasteiger partial charge in [0, 0.05) is 24.0 Å². The van der Waals surface area contributed by atoms with Gasteiger partial charge < -0.3 is 21.1 Å². The summed E-state index contributed by atoms with van der Waals surface area (Å²) in [6.07, 6.45) is 7.65. The maximum absolute atomic E-state index is 10.3. The van der Waals surface area contributed by atoms with Gasteiger partial charge in [0.15, 0.2) is 0 Å². The second-order valence-electron chi connectivity index (χ2n) is 3.82. The van der Waals surface area contributed by atoms with Gasteiger partial charge in [-0.3, -0.25) is 4.79 Å². The van der Waals surface area contributed by atoms with E-state index in [9.17, 15) is 4.79 Å². The smallest absolute Gasteiger partial charge is 0.211 e. The number of carbonyl (C=O) groups excluding carboxylic acids is 1. The summed E-state index contributed by atoms with van der Waals surface area (Å²) in [4.78, 5) is 10.3. The van der Waals surface area contributed by atoms with Crippen LogP contribution in [-0.2, 0) is 4.79 Å². The summed E-state index contributed by atoms with van der Waals surface area (Å²) >= 11 is 0. The molecule has 5 heteroatoms. The lowest BCUT2D eigenvalue weighted by molar-refractivity contribution is -0.105. The predicted molar refractivity (Wildman–Crippen MR) is 74.3 cm³/mol. The third kappa shape index (κ3) is 3.38. The van der Waals surface area contributed by atoms with E-state index in [0.29, 0.717) is 18.7 Å². The lowest BCUT2D eigenvalue weighted by Crippen LogP contribution is -2.15. The van der Waals surface area contributed by atoms with Crippen molar-refractivity contribution in [2.75, 3.05) is 11.9 Å². The van der Waals surface area contributed by atoms with Crippen molar-refractivity contribution in [3.05, 3.63) is 60.1 Å². The summed E-state index contributed by atoms with van der Waals surface area (Å²) in [5, 5.41) is 5.65. The number of carbonyl (C=O) groups is 1. The molecular weight excluding hydrogens is 242 g/mol. The first-order valence-corrected chi connectivity index (χ1v) is 5.84. The molecule has 19 heavy (non-hydrogen) atoms. The van der Waals surface area contributed by atoms with Gasteiger partial charge in [-0.15, -0.1) is 0 Å². The molecule has 0 saturated heterocycles. The van der Waals surface area contributed by atoms with Crippen LogP contribution in [0.25, 0.3) is 0 Å². The Morgan fingerprint density at radius 1 is 1.32 bits per heavy atom. The van der Waals surface area contributed by atoms with Crippen molar-refractivity contribution in [2.45, 2.75) is 0 Å². The van der Waals surface area contributed by atoms with Crippen LogP contribution >= 0.6 is 0 Å². The zero-order valence-electron chi connectivity index (χ0n) is 10.3. The molecule has 4 N–H and O–H groups in total. The Hall–Kier alpha value is -2.69. The normalized spacial score (nSPS) is 14.3. The standard InChI is InChI=1S/C14H15N3O2/c15-7-5-11-9-16-8-6-14(11)19-13-3-1-12(2-4-13)17-10-18/h1-7,9-10,16H,8,15H2,(H,17,18)/b7-5-. The van der Waals surface area contributed by atoms with E-state index in [-0.39, 0.29) is 0 Å². The molecule has 1 aliphatic rings. The summed E-state index contributed by atoms with van der Waals surface area (Å²) in [5.74, 6) is 1.44. The Balaban J connectivity index is 2.09. The number of nitrogens with one attached hydrogen (secondary N) is 2. The SMILES string of the molecule is N/C=C\C1=CNCC=C1Oc1ccc(NC=O)cc1. The number of dihydropyridines is 1. The molecule has 0 unspecified atom stereocenters. The number of ether oxygens (including phenoxy) is 1. The van der Waals surface area contributed by atoms with Crippen LogP contribution in [0, 0.1) is 0 Å². The molecule has 1 amide bonds. The van der Waals surface area contributed by atoms with E-state index in [1.807, 2.05) is 12.3 Å². The lowest BCUT2D eigenvalue weighted by Gasteiger charge is -2.15. The zero-order chi connectivity index (χ0) is 13.5. The molecule has 0 aliphatic carbocycles. The van der Waals surface area contributed by atoms with Crippen molar-refractivity contribution in [3.8, 4) is 5.75 Å². The average molecular weight is 257 g/mol. The van der Waals surface area contributed by atoms with Gasteiger partial charge in [-0.1, -0.05) is 0 Å². The number of anilines is 1. The van der Waals surface area contributed by atoms with E-state index >= 15 is 0 Å². The molecule has 0 fully saturated rings. The molecule has 1 heterocycles. The highest BCUT2D eigenvalue weighted by atomic mass is 16.5. The molecule has 1 aromatic rings. The fourth-order valence-corrected chi connectivity index (χ4v) is 1.66. The number of allylic oxidation sites excluding steroid dienone is 1. The highest BCUT2D eigenvalue weighted by molar-refractivity contribution is 5.71. The quantitative estimate of drug-likeness (QED) is 0.698. The number of rotatable bonds is 5. The van der Waals surface area contributed by atoms with Crippen LogP contribution in [0.3, 0.4) is 0 Å². The molecule has 0 spiro atoms. The largest absolute Gasteiger partial charge is 0.457 e. The molecule has 2 rings (SSSR count). The van der Waals surface area contributed by atoms with Gasteiger partial charge in [0.2, 0.25) is 6.41 Å². The Morgan fingerprint density at radius 3 is 2.79 bits per heavy atom. The summed E-state index contributed by atoms with van der Waals surface area (Å²) < 4.78 is 5.78. The van der Waals surface area contributed by atoms with Gasteiger partial charge in [-0.2, -0.15) is 0 Å². The lowest BCUT2D eigenvalue weighted by atomic mass is 10.2. The maximum Gasteiger partial charge on any atom is 0.211 e. The third-order valence-corrected chi connectivity index (χ3v) is 2.53. The molecule has 0 bridgehead atoms. The van der Waals surface area contributed by atoms with E-state index < -0.39 is 0 Å². The van der Waals surface area contributed by atoms with Crippen LogP contribution in [0.4, 0.5) is 5.69 Å². The first kappa shape index (κ1) is 12.8. The average Bonchev–Trinajstić information content (AvgIpc) is 2.44. The monoisotopic (exact) mass is 257 g/mol. The van der Waals surface area contributed by atoms with Gasteiger partial charge in [0.1, 0.15) is 11.5 Å². The van der Waals surface area contributed by atoms with E-state index in [2.05, 4.69) is 10.6 Å². The molecular formula is C14H15N3O2. The number of amides is 1. The van der Waals surface area contributed by atoms with Crippen LogP contribution in [0.15, 0.2) is 60.1 Å². The highest BCUT2D eigenvalue weighted by Gasteiger charge is 2.08. The fraction of sp³-hybridized carbons (Fsp3) is 0.0714. The number of nitrogens with two attached hydrogens (primary N) is 1. The molecule has 98 valence electrons. The molecule has 0 atom stereocenters. The predicted octanol–water partition coefficient (Wildman–Crippen LogP) is 1.48. The summed E-state index contributed by atoms with van der Waals surface area (Å²) in [6, 6.07) is 7.12. The van der Waals surface area contributed by atoms with Crippen LogP contribution in [0.1, 0.15) is 0 Å². The van der Waals surface area contributed by atoms with Crippen molar-refractivity contribution in [1.29, 1.82) is 0 Å². The van der Waals surface area contributed by atoms with Gasteiger partial charge in [-0.05, 0) is 42.6 Å². The third-order valence-electron chi connectivity index (χ3n) is 2.53. The fourth-order valence-electron chi connectivity index (χ4n) is 1.66. The van der Waals surface area contributed by atoms with Crippen molar-refractivity contribution < 1.29 is 9.53 Å². The molecule has 0 aromatic heterocycles. The van der Waals surface area contributed by atoms with Crippen molar-refractivity contribution in [3.63, 3.8) is 0 Å². The highest BCUT2D eigenvalue weighted by Crippen LogP contribution is 2.22. The van der Waals surface area contributed by atoms with Gasteiger partial charge in [0.05, 0.1) is 0 Å². The first-order valence-electron chi connectivity index (χ1n) is 5.84. The first-order chi connectivity index (χ1) is 9.33. The number of hydrogen-bond donors (Lipinski definition) is 3. The van der Waals surface area contributed by atoms with Crippen LogP contribution in [0.2, 0.25) is 0 Å². The van der Waals surface area contributed by atoms with Crippen molar-refractivity contribution in [1.82, 2.24) is 5.32 Å². The van der Waals surface area contributed by atoms with Crippen LogP contribution in [0.5, 0.6) is 5.75 Å². The molecule has 1 aromatic carbocycles. The number of hydrogen-bond acceptors (Lipinski definition) is 4. The summed E-state index contributed by atoms with van der Waals surface area (Å²) in [5.41, 5.74) is 6.99. The zero-order valence-corrected chi connectivity index (χ0v) is 10.3. The molecule has 0 radical (unpaired) electrons. The Morgan fingerprint density at radius 2 is 2.11 bits per heavy atom. The van der Waals surface area contributed by atoms with E-state index in [1.165, 1.54) is 6.20 Å². The Bertz CT molecular complexity index is 530. The molecule has 0 saturated carbocycles. The van der Waals surface area contributed by atoms with E-state index in [1.54, 1.807) is 30.3 Å². The molecule has 5 nitrogen and oxygen atoms in total. The van der Waals surface area contributed by atoms with Gasteiger partial charge >= 0.3 is 0 Å². The maximum atomic E-state index is 10.3. The molecule has 1 aliphatic heterocycles. The van der Waals surface area contributed by atoms with Crippen molar-refractivity contribution >= 4 is 12.1 Å². The van der Waals surface area contributed by atoms with E-state index in [4.69, 9.17) is 10.5 Å². The van der Waals surface area contributed by atoms with Crippen molar-refractivity contribution in [2.24, 2.45) is 5.73 Å². The van der Waals surface area contributed by atoms with Crippen LogP contribution < -0.4 is 21.1 Å².